The summed E-state index contributed by atoms with van der Waals surface area (Å²) in [7, 11) is 0. The maximum Gasteiger partial charge on any atom is 0.347 e. The molecule has 7 nitrogen and oxygen atoms in total. The van der Waals surface area contributed by atoms with E-state index in [0.29, 0.717) is 6.54 Å². The predicted octanol–water partition coefficient (Wildman–Crippen LogP) is 1.84. The first kappa shape index (κ1) is 17.6. The molecule has 1 atom stereocenters. The first-order valence-electron chi connectivity index (χ1n) is 9.20. The highest BCUT2D eigenvalue weighted by Crippen LogP contribution is 2.37. The molecule has 4 rings (SSSR count). The third-order valence-corrected chi connectivity index (χ3v) is 5.29. The van der Waals surface area contributed by atoms with Crippen LogP contribution in [-0.4, -0.2) is 40.2 Å². The Kier molecular flexibility index (Phi) is 4.59. The molecule has 0 bridgehead atoms. The number of likely N-dealkylation sites (tertiary alicyclic amines) is 1. The van der Waals surface area contributed by atoms with Gasteiger partial charge in [0.1, 0.15) is 6.54 Å². The predicted molar refractivity (Wildman–Crippen MR) is 98.7 cm³/mol. The summed E-state index contributed by atoms with van der Waals surface area (Å²) >= 11 is 0. The number of aromatic nitrogens is 2. The van der Waals surface area contributed by atoms with Crippen molar-refractivity contribution in [1.29, 1.82) is 0 Å². The summed E-state index contributed by atoms with van der Waals surface area (Å²) in [5.41, 5.74) is 0.770. The SMILES string of the molecule is C[C@]1(Cc2ccc3c(c2)OCO3)CCCN(C(=O)Cn2cccnc2=O)C1. The molecule has 27 heavy (non-hydrogen) atoms. The molecule has 0 spiro atoms. The van der Waals surface area contributed by atoms with Gasteiger partial charge in [-0.3, -0.25) is 9.36 Å². The molecule has 1 aromatic heterocycles. The molecule has 1 saturated heterocycles. The molecule has 3 heterocycles. The van der Waals surface area contributed by atoms with Crippen LogP contribution in [0, 0.1) is 5.41 Å². The Morgan fingerprint density at radius 2 is 2.15 bits per heavy atom. The summed E-state index contributed by atoms with van der Waals surface area (Å²) in [4.78, 5) is 30.0. The van der Waals surface area contributed by atoms with Gasteiger partial charge in [-0.05, 0) is 48.4 Å². The average molecular weight is 369 g/mol. The second-order valence-electron chi connectivity index (χ2n) is 7.62. The van der Waals surface area contributed by atoms with Crippen molar-refractivity contribution in [3.05, 3.63) is 52.7 Å². The summed E-state index contributed by atoms with van der Waals surface area (Å²) < 4.78 is 12.2. The van der Waals surface area contributed by atoms with E-state index in [1.807, 2.05) is 17.0 Å². The number of benzene rings is 1. The number of hydrogen-bond acceptors (Lipinski definition) is 5. The van der Waals surface area contributed by atoms with Gasteiger partial charge in [0.2, 0.25) is 12.7 Å². The zero-order valence-electron chi connectivity index (χ0n) is 15.4. The number of carbonyl (C=O) groups excluding carboxylic acids is 1. The van der Waals surface area contributed by atoms with Gasteiger partial charge in [-0.15, -0.1) is 0 Å². The van der Waals surface area contributed by atoms with Gasteiger partial charge in [-0.25, -0.2) is 9.78 Å². The molecule has 0 N–H and O–H groups in total. The van der Waals surface area contributed by atoms with E-state index in [1.165, 1.54) is 16.3 Å². The highest BCUT2D eigenvalue weighted by atomic mass is 16.7. The van der Waals surface area contributed by atoms with E-state index < -0.39 is 5.69 Å². The van der Waals surface area contributed by atoms with E-state index in [9.17, 15) is 9.59 Å². The summed E-state index contributed by atoms with van der Waals surface area (Å²) in [6, 6.07) is 7.70. The molecule has 1 amide bonds. The van der Waals surface area contributed by atoms with Gasteiger partial charge < -0.3 is 14.4 Å². The highest BCUT2D eigenvalue weighted by Gasteiger charge is 2.33. The molecule has 2 aromatic rings. The van der Waals surface area contributed by atoms with Gasteiger partial charge in [-0.1, -0.05) is 13.0 Å². The number of amides is 1. The molecule has 0 unspecified atom stereocenters. The van der Waals surface area contributed by atoms with Crippen LogP contribution < -0.4 is 15.2 Å². The number of hydrogen-bond donors (Lipinski definition) is 0. The second-order valence-corrected chi connectivity index (χ2v) is 7.62. The van der Waals surface area contributed by atoms with Crippen molar-refractivity contribution in [2.24, 2.45) is 5.41 Å². The van der Waals surface area contributed by atoms with Gasteiger partial charge in [0.15, 0.2) is 11.5 Å². The smallest absolute Gasteiger partial charge is 0.347 e. The normalized spacial score (nSPS) is 21.3. The Morgan fingerprint density at radius 3 is 3.00 bits per heavy atom. The van der Waals surface area contributed by atoms with Crippen LogP contribution in [0.1, 0.15) is 25.3 Å². The Hall–Kier alpha value is -2.83. The molecule has 0 aliphatic carbocycles. The molecule has 2 aliphatic heterocycles. The average Bonchev–Trinajstić information content (AvgIpc) is 3.11. The molecular weight excluding hydrogens is 346 g/mol. The van der Waals surface area contributed by atoms with Crippen LogP contribution >= 0.6 is 0 Å². The van der Waals surface area contributed by atoms with E-state index in [-0.39, 0.29) is 24.7 Å². The molecule has 142 valence electrons. The number of ether oxygens (including phenoxy) is 2. The van der Waals surface area contributed by atoms with E-state index >= 15 is 0 Å². The Bertz CT molecular complexity index is 910. The molecule has 1 fully saturated rings. The standard InChI is InChI=1S/C20H23N3O4/c1-20(11-15-4-5-16-17(10-15)27-14-26-16)6-2-8-23(13-20)18(24)12-22-9-3-7-21-19(22)25/h3-5,7,9-10H,2,6,8,11-14H2,1H3/t20-/m1/s1. The van der Waals surface area contributed by atoms with Gasteiger partial charge in [0.05, 0.1) is 0 Å². The fourth-order valence-corrected chi connectivity index (χ4v) is 3.97. The Morgan fingerprint density at radius 1 is 1.30 bits per heavy atom. The van der Waals surface area contributed by atoms with Crippen molar-refractivity contribution in [3.63, 3.8) is 0 Å². The fraction of sp³-hybridized carbons (Fsp3) is 0.450. The number of rotatable bonds is 4. The van der Waals surface area contributed by atoms with Gasteiger partial charge in [-0.2, -0.15) is 0 Å². The molecule has 0 saturated carbocycles. The van der Waals surface area contributed by atoms with Crippen LogP contribution in [0.5, 0.6) is 11.5 Å². The molecule has 1 aromatic carbocycles. The largest absolute Gasteiger partial charge is 0.454 e. The van der Waals surface area contributed by atoms with Gasteiger partial charge >= 0.3 is 5.69 Å². The van der Waals surface area contributed by atoms with Crippen LogP contribution in [-0.2, 0) is 17.8 Å². The third kappa shape index (κ3) is 3.82. The van der Waals surface area contributed by atoms with Crippen molar-refractivity contribution >= 4 is 5.91 Å². The van der Waals surface area contributed by atoms with E-state index in [4.69, 9.17) is 9.47 Å². The zero-order chi connectivity index (χ0) is 18.9. The monoisotopic (exact) mass is 369 g/mol. The van der Waals surface area contributed by atoms with Crippen molar-refractivity contribution in [1.82, 2.24) is 14.5 Å². The number of piperidine rings is 1. The van der Waals surface area contributed by atoms with E-state index in [2.05, 4.69) is 18.0 Å². The zero-order valence-corrected chi connectivity index (χ0v) is 15.4. The minimum atomic E-state index is -0.397. The van der Waals surface area contributed by atoms with Crippen molar-refractivity contribution < 1.29 is 14.3 Å². The maximum atomic E-state index is 12.7. The van der Waals surface area contributed by atoms with Gasteiger partial charge in [0, 0.05) is 25.5 Å². The Balaban J connectivity index is 1.44. The minimum Gasteiger partial charge on any atom is -0.454 e. The molecular formula is C20H23N3O4. The molecule has 2 aliphatic rings. The quantitative estimate of drug-likeness (QED) is 0.822. The lowest BCUT2D eigenvalue weighted by Gasteiger charge is -2.41. The lowest BCUT2D eigenvalue weighted by atomic mass is 9.77. The lowest BCUT2D eigenvalue weighted by Crippen LogP contribution is -2.47. The van der Waals surface area contributed by atoms with Crippen molar-refractivity contribution in [3.8, 4) is 11.5 Å². The number of carbonyl (C=O) groups is 1. The summed E-state index contributed by atoms with van der Waals surface area (Å²) in [5.74, 6) is 1.53. The number of nitrogens with zero attached hydrogens (tertiary/aromatic N) is 3. The van der Waals surface area contributed by atoms with Crippen LogP contribution in [0.25, 0.3) is 0 Å². The van der Waals surface area contributed by atoms with Crippen molar-refractivity contribution in [2.75, 3.05) is 19.9 Å². The Labute approximate surface area is 157 Å². The van der Waals surface area contributed by atoms with E-state index in [0.717, 1.165) is 37.3 Å². The van der Waals surface area contributed by atoms with Crippen molar-refractivity contribution in [2.45, 2.75) is 32.7 Å². The second kappa shape index (κ2) is 7.06. The number of fused-ring (bicyclic) bond motifs is 1. The van der Waals surface area contributed by atoms with E-state index in [1.54, 1.807) is 12.3 Å². The fourth-order valence-electron chi connectivity index (χ4n) is 3.97. The molecule has 0 radical (unpaired) electrons. The summed E-state index contributed by atoms with van der Waals surface area (Å²) in [6.45, 7) is 3.92. The van der Waals surface area contributed by atoms with Crippen LogP contribution in [0.2, 0.25) is 0 Å². The van der Waals surface area contributed by atoms with Gasteiger partial charge in [0.25, 0.3) is 0 Å². The van der Waals surface area contributed by atoms with Crippen LogP contribution in [0.15, 0.2) is 41.5 Å². The lowest BCUT2D eigenvalue weighted by molar-refractivity contribution is -0.135. The summed E-state index contributed by atoms with van der Waals surface area (Å²) in [6.07, 6.45) is 5.91. The minimum absolute atomic E-state index is 0.0124. The molecule has 7 heteroatoms. The first-order chi connectivity index (χ1) is 13.0. The summed E-state index contributed by atoms with van der Waals surface area (Å²) in [5, 5.41) is 0. The van der Waals surface area contributed by atoms with Crippen LogP contribution in [0.4, 0.5) is 0 Å². The topological polar surface area (TPSA) is 73.7 Å². The first-order valence-corrected chi connectivity index (χ1v) is 9.20. The third-order valence-electron chi connectivity index (χ3n) is 5.29. The maximum absolute atomic E-state index is 12.7. The van der Waals surface area contributed by atoms with Crippen LogP contribution in [0.3, 0.4) is 0 Å². The highest BCUT2D eigenvalue weighted by molar-refractivity contribution is 5.76.